The highest BCUT2D eigenvalue weighted by atomic mass is 15.1. The second kappa shape index (κ2) is 5.49. The molecule has 2 rings (SSSR count). The van der Waals surface area contributed by atoms with Crippen molar-refractivity contribution in [3.05, 3.63) is 29.6 Å². The number of pyridine rings is 1. The molecular weight excluding hydrogens is 222 g/mol. The van der Waals surface area contributed by atoms with Crippen molar-refractivity contribution in [2.24, 2.45) is 5.41 Å². The lowest BCUT2D eigenvalue weighted by molar-refractivity contribution is 0.256. The van der Waals surface area contributed by atoms with Gasteiger partial charge < -0.3 is 0 Å². The van der Waals surface area contributed by atoms with Gasteiger partial charge in [-0.05, 0) is 55.5 Å². The molecule has 0 amide bonds. The van der Waals surface area contributed by atoms with Crippen LogP contribution in [0, 0.1) is 16.7 Å². The van der Waals surface area contributed by atoms with Crippen LogP contribution in [0.5, 0.6) is 0 Å². The maximum Gasteiger partial charge on any atom is 0.140 e. The predicted octanol–water partition coefficient (Wildman–Crippen LogP) is 2.97. The van der Waals surface area contributed by atoms with Gasteiger partial charge in [-0.25, -0.2) is 4.98 Å². The molecule has 0 bridgehead atoms. The van der Waals surface area contributed by atoms with Gasteiger partial charge in [0.15, 0.2) is 0 Å². The third-order valence-corrected chi connectivity index (χ3v) is 3.78. The summed E-state index contributed by atoms with van der Waals surface area (Å²) in [5.74, 6) is 0. The van der Waals surface area contributed by atoms with E-state index in [0.717, 1.165) is 19.6 Å². The van der Waals surface area contributed by atoms with Gasteiger partial charge in [0.25, 0.3) is 0 Å². The first-order valence-corrected chi connectivity index (χ1v) is 6.66. The van der Waals surface area contributed by atoms with E-state index in [1.165, 1.54) is 24.8 Å². The van der Waals surface area contributed by atoms with Crippen molar-refractivity contribution in [3.8, 4) is 6.07 Å². The zero-order valence-electron chi connectivity index (χ0n) is 11.3. The van der Waals surface area contributed by atoms with Crippen LogP contribution >= 0.6 is 0 Å². The topological polar surface area (TPSA) is 39.9 Å². The van der Waals surface area contributed by atoms with Crippen LogP contribution in [0.2, 0.25) is 0 Å². The molecule has 1 aliphatic heterocycles. The van der Waals surface area contributed by atoms with E-state index >= 15 is 0 Å². The van der Waals surface area contributed by atoms with E-state index in [2.05, 4.69) is 29.8 Å². The number of hydrogen-bond donors (Lipinski definition) is 0. The Morgan fingerprint density at radius 2 is 2.22 bits per heavy atom. The standard InChI is InChI=1S/C15H21N3/c1-15(2)5-3-8-18(9-6-15)12-13-4-7-17-14(10-13)11-16/h4,7,10H,3,5-6,8-9,12H2,1-2H3. The quantitative estimate of drug-likeness (QED) is 0.801. The zero-order chi connectivity index (χ0) is 13.0. The smallest absolute Gasteiger partial charge is 0.140 e. The molecule has 96 valence electrons. The molecule has 1 fully saturated rings. The van der Waals surface area contributed by atoms with Crippen LogP contribution in [0.3, 0.4) is 0 Å². The average Bonchev–Trinajstić information content (AvgIpc) is 2.51. The molecule has 0 aromatic carbocycles. The molecule has 3 nitrogen and oxygen atoms in total. The lowest BCUT2D eigenvalue weighted by atomic mass is 9.85. The summed E-state index contributed by atoms with van der Waals surface area (Å²) in [5.41, 5.74) is 2.19. The van der Waals surface area contributed by atoms with E-state index in [-0.39, 0.29) is 0 Å². The highest BCUT2D eigenvalue weighted by Crippen LogP contribution is 2.30. The van der Waals surface area contributed by atoms with Gasteiger partial charge in [0, 0.05) is 12.7 Å². The number of aromatic nitrogens is 1. The predicted molar refractivity (Wildman–Crippen MR) is 71.9 cm³/mol. The summed E-state index contributed by atoms with van der Waals surface area (Å²) in [7, 11) is 0. The fourth-order valence-corrected chi connectivity index (χ4v) is 2.53. The monoisotopic (exact) mass is 243 g/mol. The Morgan fingerprint density at radius 3 is 3.00 bits per heavy atom. The van der Waals surface area contributed by atoms with Crippen molar-refractivity contribution in [2.75, 3.05) is 13.1 Å². The van der Waals surface area contributed by atoms with Crippen molar-refractivity contribution < 1.29 is 0 Å². The van der Waals surface area contributed by atoms with E-state index in [1.807, 2.05) is 12.1 Å². The van der Waals surface area contributed by atoms with Gasteiger partial charge in [-0.1, -0.05) is 13.8 Å². The first kappa shape index (κ1) is 13.0. The SMILES string of the molecule is CC1(C)CCCN(Cc2ccnc(C#N)c2)CC1. The maximum absolute atomic E-state index is 8.86. The molecule has 0 spiro atoms. The molecule has 1 saturated heterocycles. The summed E-state index contributed by atoms with van der Waals surface area (Å²) in [4.78, 5) is 6.50. The molecule has 0 N–H and O–H groups in total. The van der Waals surface area contributed by atoms with Gasteiger partial charge in [-0.15, -0.1) is 0 Å². The van der Waals surface area contributed by atoms with Gasteiger partial charge >= 0.3 is 0 Å². The molecule has 3 heteroatoms. The number of likely N-dealkylation sites (tertiary alicyclic amines) is 1. The highest BCUT2D eigenvalue weighted by Gasteiger charge is 2.22. The lowest BCUT2D eigenvalue weighted by Gasteiger charge is -2.23. The molecule has 0 radical (unpaired) electrons. The number of hydrogen-bond acceptors (Lipinski definition) is 3. The van der Waals surface area contributed by atoms with Crippen molar-refractivity contribution in [3.63, 3.8) is 0 Å². The fraction of sp³-hybridized carbons (Fsp3) is 0.600. The first-order valence-electron chi connectivity index (χ1n) is 6.66. The minimum atomic E-state index is 0.477. The van der Waals surface area contributed by atoms with Crippen molar-refractivity contribution in [1.29, 1.82) is 5.26 Å². The minimum Gasteiger partial charge on any atom is -0.299 e. The molecule has 0 unspecified atom stereocenters. The van der Waals surface area contributed by atoms with Crippen LogP contribution in [0.15, 0.2) is 18.3 Å². The Bertz CT molecular complexity index is 445. The highest BCUT2D eigenvalue weighted by molar-refractivity contribution is 5.25. The van der Waals surface area contributed by atoms with E-state index in [4.69, 9.17) is 5.26 Å². The summed E-state index contributed by atoms with van der Waals surface area (Å²) in [5, 5.41) is 8.86. The minimum absolute atomic E-state index is 0.477. The summed E-state index contributed by atoms with van der Waals surface area (Å²) >= 11 is 0. The maximum atomic E-state index is 8.86. The molecule has 0 saturated carbocycles. The summed E-state index contributed by atoms with van der Waals surface area (Å²) < 4.78 is 0. The normalized spacial score (nSPS) is 20.1. The Balaban J connectivity index is 1.99. The molecule has 2 heterocycles. The number of rotatable bonds is 2. The molecule has 18 heavy (non-hydrogen) atoms. The third-order valence-electron chi connectivity index (χ3n) is 3.78. The lowest BCUT2D eigenvalue weighted by Crippen LogP contribution is -2.25. The Labute approximate surface area is 109 Å². The second-order valence-electron chi connectivity index (χ2n) is 5.96. The van der Waals surface area contributed by atoms with Crippen molar-refractivity contribution in [1.82, 2.24) is 9.88 Å². The van der Waals surface area contributed by atoms with Gasteiger partial charge in [-0.3, -0.25) is 4.90 Å². The van der Waals surface area contributed by atoms with Crippen LogP contribution in [0.4, 0.5) is 0 Å². The van der Waals surface area contributed by atoms with Crippen LogP contribution in [-0.4, -0.2) is 23.0 Å². The molecule has 1 aromatic rings. The Kier molecular flexibility index (Phi) is 3.98. The molecule has 0 atom stereocenters. The summed E-state index contributed by atoms with van der Waals surface area (Å²) in [6.45, 7) is 7.96. The fourth-order valence-electron chi connectivity index (χ4n) is 2.53. The molecule has 1 aliphatic rings. The second-order valence-corrected chi connectivity index (χ2v) is 5.96. The Hall–Kier alpha value is -1.40. The van der Waals surface area contributed by atoms with E-state index in [9.17, 15) is 0 Å². The van der Waals surface area contributed by atoms with Gasteiger partial charge in [0.2, 0.25) is 0 Å². The number of nitriles is 1. The van der Waals surface area contributed by atoms with Crippen LogP contribution in [-0.2, 0) is 6.54 Å². The van der Waals surface area contributed by atoms with Gasteiger partial charge in [0.05, 0.1) is 0 Å². The summed E-state index contributed by atoms with van der Waals surface area (Å²) in [6.07, 6.45) is 5.56. The van der Waals surface area contributed by atoms with Crippen LogP contribution in [0.1, 0.15) is 44.4 Å². The Morgan fingerprint density at radius 1 is 1.39 bits per heavy atom. The van der Waals surface area contributed by atoms with Gasteiger partial charge in [0.1, 0.15) is 11.8 Å². The van der Waals surface area contributed by atoms with Crippen LogP contribution < -0.4 is 0 Å². The first-order chi connectivity index (χ1) is 8.59. The average molecular weight is 243 g/mol. The number of nitrogens with zero attached hydrogens (tertiary/aromatic N) is 3. The largest absolute Gasteiger partial charge is 0.299 e. The van der Waals surface area contributed by atoms with Crippen molar-refractivity contribution >= 4 is 0 Å². The van der Waals surface area contributed by atoms with E-state index in [0.29, 0.717) is 11.1 Å². The summed E-state index contributed by atoms with van der Waals surface area (Å²) in [6, 6.07) is 6.01. The zero-order valence-corrected chi connectivity index (χ0v) is 11.3. The molecule has 0 aliphatic carbocycles. The molecule has 1 aromatic heterocycles. The van der Waals surface area contributed by atoms with Gasteiger partial charge in [-0.2, -0.15) is 5.26 Å². The third kappa shape index (κ3) is 3.54. The van der Waals surface area contributed by atoms with E-state index in [1.54, 1.807) is 6.20 Å². The van der Waals surface area contributed by atoms with E-state index < -0.39 is 0 Å². The molecular formula is C15H21N3. The van der Waals surface area contributed by atoms with Crippen molar-refractivity contribution in [2.45, 2.75) is 39.7 Å². The van der Waals surface area contributed by atoms with Crippen LogP contribution in [0.25, 0.3) is 0 Å².